The summed E-state index contributed by atoms with van der Waals surface area (Å²) < 4.78 is 72.7. The van der Waals surface area contributed by atoms with Gasteiger partial charge in [-0.25, -0.2) is 21.6 Å². The van der Waals surface area contributed by atoms with Crippen LogP contribution in [0.2, 0.25) is 0 Å². The molecule has 2 aliphatic carbocycles. The number of hydrogen-bond donors (Lipinski definition) is 4. The second-order valence-corrected chi connectivity index (χ2v) is 13.8. The number of hydrogen-bond acceptors (Lipinski definition) is 15. The Morgan fingerprint density at radius 2 is 0.946 bits per heavy atom. The van der Waals surface area contributed by atoms with E-state index in [1.165, 1.54) is 60.7 Å². The van der Waals surface area contributed by atoms with E-state index in [0.717, 1.165) is 12.2 Å². The molecule has 0 fully saturated rings. The van der Waals surface area contributed by atoms with Gasteiger partial charge in [0, 0.05) is 22.5 Å². The second kappa shape index (κ2) is 19.1. The van der Waals surface area contributed by atoms with Gasteiger partial charge in [0.05, 0.1) is 27.2 Å². The van der Waals surface area contributed by atoms with E-state index in [4.69, 9.17) is 0 Å². The quantitative estimate of drug-likeness (QED) is 0.0696. The molecule has 2 amide bonds. The maximum absolute atomic E-state index is 13.3. The van der Waals surface area contributed by atoms with E-state index in [1.54, 1.807) is 30.3 Å². The van der Waals surface area contributed by atoms with Gasteiger partial charge in [0.2, 0.25) is 11.6 Å². The Bertz CT molecular complexity index is 2600. The summed E-state index contributed by atoms with van der Waals surface area (Å²) in [6, 6.07) is 20.0. The fourth-order valence-corrected chi connectivity index (χ4v) is 6.45. The SMILES string of the molecule is O=C(Nc1ccc2c(c1)C=C(S(=O)(=O)[O-])/C(=N\Nc1ccccc1)C2=O)Nc1ccc2c(c1)C=C(S(=O)(=O)[O-])/C(=N\Nc1ccc(C(=O)[O-])cc1)C2=O.[Na+].[Na+].[Na+]. The fourth-order valence-electron chi connectivity index (χ4n) is 5.15. The molecule has 0 saturated carbocycles. The van der Waals surface area contributed by atoms with Gasteiger partial charge in [-0.15, -0.1) is 0 Å². The molecule has 6 rings (SSSR count). The number of urea groups is 1. The van der Waals surface area contributed by atoms with Crippen molar-refractivity contribution in [3.8, 4) is 0 Å². The first-order valence-corrected chi connectivity index (χ1v) is 17.8. The molecule has 0 radical (unpaired) electrons. The number of Topliss-reactive ketones (excluding diaryl/α,β-unsaturated/α-hetero) is 2. The van der Waals surface area contributed by atoms with Gasteiger partial charge in [0.15, 0.2) is 0 Å². The molecule has 17 nitrogen and oxygen atoms in total. The summed E-state index contributed by atoms with van der Waals surface area (Å²) in [6.07, 6.45) is 1.87. The third-order valence-corrected chi connectivity index (χ3v) is 9.30. The largest absolute Gasteiger partial charge is 1.00 e. The normalized spacial score (nSPS) is 14.7. The Morgan fingerprint density at radius 3 is 1.34 bits per heavy atom. The number of carboxylic acid groups (broad SMARTS) is 1. The smallest absolute Gasteiger partial charge is 0.744 e. The molecule has 0 atom stereocenters. The topological polar surface area (TPSA) is 279 Å². The third kappa shape index (κ3) is 10.8. The minimum atomic E-state index is -5.26. The number of hydrazone groups is 2. The van der Waals surface area contributed by atoms with E-state index in [9.17, 15) is 50.2 Å². The number of para-hydroxylation sites is 1. The molecule has 0 heterocycles. The van der Waals surface area contributed by atoms with Gasteiger partial charge in [-0.3, -0.25) is 20.4 Å². The van der Waals surface area contributed by atoms with E-state index in [-0.39, 0.29) is 134 Å². The first-order valence-electron chi connectivity index (χ1n) is 14.9. The van der Waals surface area contributed by atoms with Crippen LogP contribution in [0.3, 0.4) is 0 Å². The zero-order valence-electron chi connectivity index (χ0n) is 29.5. The average Bonchev–Trinajstić information content (AvgIpc) is 3.10. The van der Waals surface area contributed by atoms with E-state index >= 15 is 0 Å². The summed E-state index contributed by atoms with van der Waals surface area (Å²) in [7, 11) is -10.4. The van der Waals surface area contributed by atoms with Crippen molar-refractivity contribution in [1.29, 1.82) is 0 Å². The summed E-state index contributed by atoms with van der Waals surface area (Å²) >= 11 is 0. The van der Waals surface area contributed by atoms with Gasteiger partial charge < -0.3 is 29.6 Å². The minimum absolute atomic E-state index is 0. The molecule has 0 spiro atoms. The number of benzene rings is 4. The van der Waals surface area contributed by atoms with Gasteiger partial charge in [-0.2, -0.15) is 10.2 Å². The van der Waals surface area contributed by atoms with Crippen molar-refractivity contribution in [1.82, 2.24) is 0 Å². The first kappa shape index (κ1) is 46.6. The number of rotatable bonds is 9. The van der Waals surface area contributed by atoms with Crippen molar-refractivity contribution >= 4 is 90.1 Å². The van der Waals surface area contributed by atoms with E-state index < -0.39 is 65.0 Å². The monoisotopic (exact) mass is 822 g/mol. The number of carboxylic acids is 1. The van der Waals surface area contributed by atoms with Crippen LogP contribution in [-0.2, 0) is 20.2 Å². The summed E-state index contributed by atoms with van der Waals surface area (Å²) in [6.45, 7) is 0. The Hall–Kier alpha value is -3.80. The predicted molar refractivity (Wildman–Crippen MR) is 189 cm³/mol. The number of amides is 2. The standard InChI is InChI=1S/C34H24N6O11S2.3Na/c41-31-25-12-10-23(14-19(25)16-27(52(46,47)48)29(31)39-37-21-4-2-1-3-5-21)35-34(45)36-24-11-13-26-20(15-24)17-28(53(49,50)51)30(32(26)42)40-38-22-8-6-18(7-9-22)33(43)44;;;/h1-17,37-38H,(H,43,44)(H2,35,36,45)(H,46,47,48)(H,49,50,51);;;/q;3*+1/p-3/b39-29+,40-30+;;;. The molecular weight excluding hydrogens is 802 g/mol. The molecule has 0 aromatic heterocycles. The van der Waals surface area contributed by atoms with Gasteiger partial charge in [-0.1, -0.05) is 30.3 Å². The molecule has 0 saturated heterocycles. The van der Waals surface area contributed by atoms with E-state index in [1.807, 2.05) is 0 Å². The minimum Gasteiger partial charge on any atom is -0.744 e. The second-order valence-electron chi connectivity index (χ2n) is 11.1. The number of nitrogens with one attached hydrogen (secondary N) is 4. The summed E-state index contributed by atoms with van der Waals surface area (Å²) in [4.78, 5) is 48.5. The Labute approximate surface area is 385 Å². The van der Waals surface area contributed by atoms with Crippen molar-refractivity contribution in [2.24, 2.45) is 10.2 Å². The zero-order valence-corrected chi connectivity index (χ0v) is 37.1. The van der Waals surface area contributed by atoms with Crippen molar-refractivity contribution in [3.05, 3.63) is 129 Å². The number of carbonyl (C=O) groups excluding carboxylic acids is 4. The zero-order chi connectivity index (χ0) is 38.1. The summed E-state index contributed by atoms with van der Waals surface area (Å²) in [5, 5.41) is 23.6. The molecule has 0 bridgehead atoms. The van der Waals surface area contributed by atoms with Crippen LogP contribution in [0, 0.1) is 0 Å². The van der Waals surface area contributed by atoms with Crippen LogP contribution in [0.25, 0.3) is 12.2 Å². The molecule has 0 unspecified atom stereocenters. The molecule has 0 aliphatic heterocycles. The average molecular weight is 823 g/mol. The van der Waals surface area contributed by atoms with Gasteiger partial charge in [-0.05, 0) is 89.5 Å². The molecule has 2 aliphatic rings. The van der Waals surface area contributed by atoms with E-state index in [2.05, 4.69) is 31.7 Å². The van der Waals surface area contributed by atoms with Crippen molar-refractivity contribution in [3.63, 3.8) is 0 Å². The predicted octanol–water partition coefficient (Wildman–Crippen LogP) is -6.19. The number of carbonyl (C=O) groups is 4. The van der Waals surface area contributed by atoms with Gasteiger partial charge in [0.1, 0.15) is 31.7 Å². The fraction of sp³-hybridized carbons (Fsp3) is 0. The van der Waals surface area contributed by atoms with Crippen LogP contribution in [0.15, 0.2) is 111 Å². The molecule has 4 N–H and O–H groups in total. The van der Waals surface area contributed by atoms with Crippen LogP contribution in [0.5, 0.6) is 0 Å². The third-order valence-electron chi connectivity index (χ3n) is 7.60. The van der Waals surface area contributed by atoms with Crippen LogP contribution >= 0.6 is 0 Å². The van der Waals surface area contributed by atoms with Crippen molar-refractivity contribution < 1.29 is 139 Å². The van der Waals surface area contributed by atoms with E-state index in [0.29, 0.717) is 5.69 Å². The molecular formula is C34H21N6Na3O11S2. The van der Waals surface area contributed by atoms with Gasteiger partial charge in [0.25, 0.3) is 0 Å². The number of anilines is 4. The molecule has 22 heteroatoms. The molecule has 4 aromatic rings. The maximum atomic E-state index is 13.3. The number of nitrogens with zero attached hydrogens (tertiary/aromatic N) is 2. The molecule has 56 heavy (non-hydrogen) atoms. The van der Waals surface area contributed by atoms with Crippen LogP contribution in [0.1, 0.15) is 42.2 Å². The molecule has 4 aromatic carbocycles. The first-order chi connectivity index (χ1) is 25.1. The van der Waals surface area contributed by atoms with Gasteiger partial charge >= 0.3 is 94.7 Å². The summed E-state index contributed by atoms with van der Waals surface area (Å²) in [5.74, 6) is -3.23. The van der Waals surface area contributed by atoms with Crippen molar-refractivity contribution in [2.45, 2.75) is 0 Å². The Morgan fingerprint density at radius 1 is 0.554 bits per heavy atom. The number of allylic oxidation sites excluding steroid dienone is 2. The molecule has 268 valence electrons. The summed E-state index contributed by atoms with van der Waals surface area (Å²) in [5.41, 5.74) is 4.10. The number of fused-ring (bicyclic) bond motifs is 2. The van der Waals surface area contributed by atoms with Crippen LogP contribution < -0.4 is 115 Å². The van der Waals surface area contributed by atoms with Crippen LogP contribution in [0.4, 0.5) is 27.5 Å². The number of ketones is 2. The van der Waals surface area contributed by atoms with Crippen molar-refractivity contribution in [2.75, 3.05) is 21.5 Å². The Kier molecular flexibility index (Phi) is 15.9. The Balaban J connectivity index is 0.00000280. The maximum Gasteiger partial charge on any atom is 1.00 e. The van der Waals surface area contributed by atoms with Crippen LogP contribution in [-0.4, -0.2) is 60.9 Å². The number of aromatic carboxylic acids is 1.